The van der Waals surface area contributed by atoms with Gasteiger partial charge in [-0.1, -0.05) is 41.1 Å². The van der Waals surface area contributed by atoms with Gasteiger partial charge in [0.2, 0.25) is 0 Å². The van der Waals surface area contributed by atoms with Crippen LogP contribution in [-0.4, -0.2) is 26.8 Å². The van der Waals surface area contributed by atoms with Crippen molar-refractivity contribution in [2.75, 3.05) is 11.1 Å². The quantitative estimate of drug-likeness (QED) is 0.488. The molecule has 0 aliphatic rings. The number of hydrogen-bond acceptors (Lipinski definition) is 5. The summed E-state index contributed by atoms with van der Waals surface area (Å²) in [5, 5.41) is 12.6. The molecule has 2 rings (SSSR count). The third kappa shape index (κ3) is 4.35. The molecular formula is C15H16ClN3O2S. The van der Waals surface area contributed by atoms with E-state index in [1.54, 1.807) is 6.07 Å². The molecule has 0 unspecified atom stereocenters. The molecule has 1 aromatic carbocycles. The molecule has 0 saturated heterocycles. The Balaban J connectivity index is 2.28. The molecule has 0 aliphatic carbocycles. The van der Waals surface area contributed by atoms with E-state index >= 15 is 0 Å². The fourth-order valence-corrected chi connectivity index (χ4v) is 2.97. The van der Waals surface area contributed by atoms with E-state index in [4.69, 9.17) is 16.7 Å². The van der Waals surface area contributed by atoms with Crippen molar-refractivity contribution in [3.05, 3.63) is 40.0 Å². The molecule has 0 radical (unpaired) electrons. The zero-order valence-electron chi connectivity index (χ0n) is 12.5. The van der Waals surface area contributed by atoms with Gasteiger partial charge in [0.1, 0.15) is 11.0 Å². The molecule has 0 atom stereocenters. The zero-order chi connectivity index (χ0) is 16.3. The van der Waals surface area contributed by atoms with E-state index < -0.39 is 5.97 Å². The maximum atomic E-state index is 10.6. The minimum atomic E-state index is -0.923. The lowest BCUT2D eigenvalue weighted by atomic mass is 10.1. The number of benzene rings is 1. The van der Waals surface area contributed by atoms with Gasteiger partial charge in [0.05, 0.1) is 5.75 Å². The summed E-state index contributed by atoms with van der Waals surface area (Å²) in [5.74, 6) is -0.487. The highest BCUT2D eigenvalue weighted by molar-refractivity contribution is 7.99. The fraction of sp³-hybridized carbons (Fsp3) is 0.267. The van der Waals surface area contributed by atoms with Gasteiger partial charge in [0, 0.05) is 11.8 Å². The van der Waals surface area contributed by atoms with Crippen LogP contribution in [0.2, 0.25) is 5.15 Å². The topological polar surface area (TPSA) is 75.1 Å². The number of rotatable bonds is 5. The number of carboxylic acids is 1. The number of anilines is 2. The number of carbonyl (C=O) groups is 1. The van der Waals surface area contributed by atoms with Crippen LogP contribution in [0.1, 0.15) is 16.7 Å². The summed E-state index contributed by atoms with van der Waals surface area (Å²) < 4.78 is 0. The first-order chi connectivity index (χ1) is 10.3. The second-order valence-electron chi connectivity index (χ2n) is 4.94. The zero-order valence-corrected chi connectivity index (χ0v) is 14.0. The van der Waals surface area contributed by atoms with Crippen LogP contribution >= 0.6 is 23.4 Å². The number of nitrogens with one attached hydrogen (secondary N) is 1. The molecule has 1 heterocycles. The van der Waals surface area contributed by atoms with Crippen LogP contribution in [0.5, 0.6) is 0 Å². The monoisotopic (exact) mass is 337 g/mol. The van der Waals surface area contributed by atoms with Gasteiger partial charge in [0.15, 0.2) is 5.16 Å². The Labute approximate surface area is 138 Å². The Morgan fingerprint density at radius 2 is 1.86 bits per heavy atom. The number of aryl methyl sites for hydroxylation is 3. The number of nitrogens with zero attached hydrogens (tertiary/aromatic N) is 2. The average Bonchev–Trinajstić information content (AvgIpc) is 2.40. The van der Waals surface area contributed by atoms with E-state index in [0.717, 1.165) is 28.6 Å². The predicted molar refractivity (Wildman–Crippen MR) is 89.3 cm³/mol. The van der Waals surface area contributed by atoms with E-state index in [-0.39, 0.29) is 10.9 Å². The van der Waals surface area contributed by atoms with Gasteiger partial charge in [-0.2, -0.15) is 0 Å². The third-order valence-electron chi connectivity index (χ3n) is 2.93. The number of aromatic nitrogens is 2. The van der Waals surface area contributed by atoms with Crippen LogP contribution in [0.15, 0.2) is 23.4 Å². The minimum Gasteiger partial charge on any atom is -0.481 e. The largest absolute Gasteiger partial charge is 0.481 e. The van der Waals surface area contributed by atoms with Gasteiger partial charge in [0.25, 0.3) is 0 Å². The van der Waals surface area contributed by atoms with E-state index in [2.05, 4.69) is 27.4 Å². The Bertz CT molecular complexity index is 699. The molecular weight excluding hydrogens is 322 g/mol. The van der Waals surface area contributed by atoms with Crippen molar-refractivity contribution in [1.29, 1.82) is 0 Å². The summed E-state index contributed by atoms with van der Waals surface area (Å²) in [6.07, 6.45) is 0. The Hall–Kier alpha value is -1.79. The lowest BCUT2D eigenvalue weighted by molar-refractivity contribution is -0.133. The summed E-state index contributed by atoms with van der Waals surface area (Å²) in [6.45, 7) is 6.09. The van der Waals surface area contributed by atoms with Crippen molar-refractivity contribution in [3.63, 3.8) is 0 Å². The van der Waals surface area contributed by atoms with Crippen LogP contribution in [0.3, 0.4) is 0 Å². The fourth-order valence-electron chi connectivity index (χ4n) is 2.16. The van der Waals surface area contributed by atoms with Crippen molar-refractivity contribution in [2.45, 2.75) is 25.9 Å². The van der Waals surface area contributed by atoms with Crippen LogP contribution in [0.4, 0.5) is 11.5 Å². The molecule has 5 nitrogen and oxygen atoms in total. The van der Waals surface area contributed by atoms with Crippen LogP contribution in [0, 0.1) is 20.8 Å². The second kappa shape index (κ2) is 6.98. The molecule has 0 fully saturated rings. The van der Waals surface area contributed by atoms with E-state index in [9.17, 15) is 4.79 Å². The van der Waals surface area contributed by atoms with E-state index in [1.807, 2.05) is 20.8 Å². The molecule has 7 heteroatoms. The second-order valence-corrected chi connectivity index (χ2v) is 6.27. The van der Waals surface area contributed by atoms with Gasteiger partial charge >= 0.3 is 5.97 Å². The highest BCUT2D eigenvalue weighted by Gasteiger charge is 2.09. The lowest BCUT2D eigenvalue weighted by Crippen LogP contribution is -2.03. The first-order valence-electron chi connectivity index (χ1n) is 6.59. The highest BCUT2D eigenvalue weighted by atomic mass is 35.5. The third-order valence-corrected chi connectivity index (χ3v) is 3.95. The molecule has 0 amide bonds. The molecule has 22 heavy (non-hydrogen) atoms. The summed E-state index contributed by atoms with van der Waals surface area (Å²) in [7, 11) is 0. The number of hydrogen-bond donors (Lipinski definition) is 2. The minimum absolute atomic E-state index is 0.109. The van der Waals surface area contributed by atoms with Crippen molar-refractivity contribution in [1.82, 2.24) is 9.97 Å². The molecule has 0 spiro atoms. The highest BCUT2D eigenvalue weighted by Crippen LogP contribution is 2.27. The van der Waals surface area contributed by atoms with Gasteiger partial charge in [-0.3, -0.25) is 4.79 Å². The van der Waals surface area contributed by atoms with Crippen LogP contribution in [0.25, 0.3) is 0 Å². The summed E-state index contributed by atoms with van der Waals surface area (Å²) in [6, 6.07) is 5.78. The molecule has 1 aromatic heterocycles. The van der Waals surface area contributed by atoms with Gasteiger partial charge in [-0.25, -0.2) is 9.97 Å². The number of thioether (sulfide) groups is 1. The van der Waals surface area contributed by atoms with E-state index in [0.29, 0.717) is 11.0 Å². The number of aliphatic carboxylic acids is 1. The Morgan fingerprint density at radius 1 is 1.23 bits per heavy atom. The summed E-state index contributed by atoms with van der Waals surface area (Å²) in [5.41, 5.74) is 4.37. The summed E-state index contributed by atoms with van der Waals surface area (Å²) >= 11 is 7.02. The van der Waals surface area contributed by atoms with E-state index in [1.165, 1.54) is 5.56 Å². The Kier molecular flexibility index (Phi) is 5.26. The number of carboxylic acid groups (broad SMARTS) is 1. The standard InChI is InChI=1S/C15H16ClN3O2S/c1-8-4-9(2)14(10(3)5-8)18-12-6-11(16)17-15(19-12)22-7-13(20)21/h4-6H,7H2,1-3H3,(H,20,21)(H,17,18,19). The average molecular weight is 338 g/mol. The van der Waals surface area contributed by atoms with Crippen molar-refractivity contribution >= 4 is 40.8 Å². The lowest BCUT2D eigenvalue weighted by Gasteiger charge is -2.14. The maximum absolute atomic E-state index is 10.6. The Morgan fingerprint density at radius 3 is 2.45 bits per heavy atom. The smallest absolute Gasteiger partial charge is 0.313 e. The van der Waals surface area contributed by atoms with Crippen molar-refractivity contribution in [3.8, 4) is 0 Å². The van der Waals surface area contributed by atoms with Crippen molar-refractivity contribution < 1.29 is 9.90 Å². The SMILES string of the molecule is Cc1cc(C)c(Nc2cc(Cl)nc(SCC(=O)O)n2)c(C)c1. The molecule has 0 bridgehead atoms. The first kappa shape index (κ1) is 16.6. The van der Waals surface area contributed by atoms with Gasteiger partial charge < -0.3 is 10.4 Å². The molecule has 0 aliphatic heterocycles. The summed E-state index contributed by atoms with van der Waals surface area (Å²) in [4.78, 5) is 18.9. The molecule has 2 N–H and O–H groups in total. The van der Waals surface area contributed by atoms with Crippen molar-refractivity contribution in [2.24, 2.45) is 0 Å². The molecule has 2 aromatic rings. The van der Waals surface area contributed by atoms with Crippen LogP contribution in [-0.2, 0) is 4.79 Å². The normalized spacial score (nSPS) is 10.5. The predicted octanol–water partition coefficient (Wildman–Crippen LogP) is 3.98. The number of halogens is 1. The molecule has 0 saturated carbocycles. The van der Waals surface area contributed by atoms with Gasteiger partial charge in [-0.05, 0) is 31.9 Å². The molecule has 116 valence electrons. The van der Waals surface area contributed by atoms with Gasteiger partial charge in [-0.15, -0.1) is 0 Å². The first-order valence-corrected chi connectivity index (χ1v) is 7.95. The van der Waals surface area contributed by atoms with Crippen LogP contribution < -0.4 is 5.32 Å². The maximum Gasteiger partial charge on any atom is 0.313 e.